The van der Waals surface area contributed by atoms with Crippen molar-refractivity contribution < 1.29 is 13.9 Å². The van der Waals surface area contributed by atoms with Crippen LogP contribution in [0.3, 0.4) is 0 Å². The molecule has 154 valence electrons. The Hall–Kier alpha value is -4.19. The maximum atomic E-state index is 13.4. The molecule has 4 aromatic rings. The van der Waals surface area contributed by atoms with Crippen LogP contribution in [-0.4, -0.2) is 22.8 Å². The first kappa shape index (κ1) is 20.1. The lowest BCUT2D eigenvalue weighted by Gasteiger charge is -2.07. The molecule has 0 aliphatic carbocycles. The number of para-hydroxylation sites is 3. The molecule has 0 atom stereocenters. The Morgan fingerprint density at radius 2 is 1.71 bits per heavy atom. The van der Waals surface area contributed by atoms with Gasteiger partial charge in [0.15, 0.2) is 0 Å². The van der Waals surface area contributed by atoms with Crippen molar-refractivity contribution in [3.63, 3.8) is 0 Å². The number of carbonyl (C=O) groups is 1. The monoisotopic (exact) mass is 413 g/mol. The quantitative estimate of drug-likeness (QED) is 0.434. The zero-order chi connectivity index (χ0) is 21.6. The first-order valence-corrected chi connectivity index (χ1v) is 9.67. The number of hydrogen-bond donors (Lipinski definition) is 1. The molecule has 3 aromatic carbocycles. The van der Waals surface area contributed by atoms with Crippen LogP contribution < -0.4 is 10.1 Å². The minimum atomic E-state index is -0.320. The maximum absolute atomic E-state index is 13.4. The molecular formula is C25H20FN3O2. The van der Waals surface area contributed by atoms with E-state index >= 15 is 0 Å². The fourth-order valence-electron chi connectivity index (χ4n) is 3.14. The van der Waals surface area contributed by atoms with Crippen LogP contribution in [0.1, 0.15) is 5.56 Å². The second kappa shape index (κ2) is 9.09. The minimum absolute atomic E-state index is 0.304. The van der Waals surface area contributed by atoms with E-state index in [0.29, 0.717) is 17.1 Å². The lowest BCUT2D eigenvalue weighted by Crippen LogP contribution is -2.08. The van der Waals surface area contributed by atoms with E-state index < -0.39 is 0 Å². The van der Waals surface area contributed by atoms with Gasteiger partial charge in [0.25, 0.3) is 0 Å². The van der Waals surface area contributed by atoms with Gasteiger partial charge in [-0.1, -0.05) is 30.3 Å². The molecule has 0 unspecified atom stereocenters. The molecule has 0 aliphatic heterocycles. The van der Waals surface area contributed by atoms with E-state index in [9.17, 15) is 9.18 Å². The zero-order valence-electron chi connectivity index (χ0n) is 16.8. The number of hydrogen-bond acceptors (Lipinski definition) is 3. The Morgan fingerprint density at radius 1 is 1.00 bits per heavy atom. The smallest absolute Gasteiger partial charge is 0.248 e. The second-order valence-corrected chi connectivity index (χ2v) is 6.74. The van der Waals surface area contributed by atoms with Crippen molar-refractivity contribution in [3.8, 4) is 22.7 Å². The average molecular weight is 413 g/mol. The first-order chi connectivity index (χ1) is 15.1. The highest BCUT2D eigenvalue weighted by Crippen LogP contribution is 2.26. The molecule has 1 amide bonds. The summed E-state index contributed by atoms with van der Waals surface area (Å²) in [7, 11) is 1.55. The van der Waals surface area contributed by atoms with Crippen LogP contribution in [-0.2, 0) is 4.79 Å². The van der Waals surface area contributed by atoms with Crippen LogP contribution in [0, 0.1) is 5.82 Å². The summed E-state index contributed by atoms with van der Waals surface area (Å²) in [5.41, 5.74) is 3.58. The van der Waals surface area contributed by atoms with Crippen LogP contribution >= 0.6 is 0 Å². The van der Waals surface area contributed by atoms with Gasteiger partial charge in [-0.3, -0.25) is 4.79 Å². The van der Waals surface area contributed by atoms with Gasteiger partial charge in [-0.25, -0.2) is 9.07 Å². The number of aromatic nitrogens is 2. The van der Waals surface area contributed by atoms with Crippen molar-refractivity contribution in [1.29, 1.82) is 0 Å². The second-order valence-electron chi connectivity index (χ2n) is 6.74. The van der Waals surface area contributed by atoms with E-state index in [1.165, 1.54) is 18.2 Å². The third kappa shape index (κ3) is 4.70. The number of halogens is 1. The molecule has 1 heterocycles. The molecule has 0 saturated heterocycles. The predicted octanol–water partition coefficient (Wildman–Crippen LogP) is 5.34. The molecule has 4 rings (SSSR count). The molecule has 0 fully saturated rings. The van der Waals surface area contributed by atoms with Gasteiger partial charge in [0.1, 0.15) is 11.6 Å². The average Bonchev–Trinajstić information content (AvgIpc) is 3.23. The number of ether oxygens (including phenoxy) is 1. The molecule has 0 bridgehead atoms. The number of anilines is 1. The van der Waals surface area contributed by atoms with E-state index in [0.717, 1.165) is 16.8 Å². The van der Waals surface area contributed by atoms with Crippen LogP contribution in [0.5, 0.6) is 5.75 Å². The maximum Gasteiger partial charge on any atom is 0.248 e. The van der Waals surface area contributed by atoms with E-state index in [2.05, 4.69) is 10.4 Å². The highest BCUT2D eigenvalue weighted by Gasteiger charge is 2.11. The van der Waals surface area contributed by atoms with Crippen molar-refractivity contribution in [2.75, 3.05) is 12.4 Å². The zero-order valence-corrected chi connectivity index (χ0v) is 16.8. The Morgan fingerprint density at radius 3 is 2.45 bits per heavy atom. The van der Waals surface area contributed by atoms with Crippen molar-refractivity contribution in [3.05, 3.63) is 103 Å². The largest absolute Gasteiger partial charge is 0.495 e. The number of methoxy groups -OCH3 is 1. The molecular weight excluding hydrogens is 393 g/mol. The Kier molecular flexibility index (Phi) is 5.89. The summed E-state index contributed by atoms with van der Waals surface area (Å²) in [5, 5.41) is 7.47. The highest BCUT2D eigenvalue weighted by molar-refractivity contribution is 6.03. The van der Waals surface area contributed by atoms with Crippen LogP contribution in [0.2, 0.25) is 0 Å². The summed E-state index contributed by atoms with van der Waals surface area (Å²) in [5.74, 6) is -0.0466. The fourth-order valence-corrected chi connectivity index (χ4v) is 3.14. The molecule has 1 N–H and O–H groups in total. The lowest BCUT2D eigenvalue weighted by molar-refractivity contribution is -0.111. The first-order valence-electron chi connectivity index (χ1n) is 9.67. The van der Waals surface area contributed by atoms with Crippen LogP contribution in [0.4, 0.5) is 10.1 Å². The number of nitrogens with zero attached hydrogens (tertiary/aromatic N) is 2. The Labute approximate surface area is 179 Å². The standard InChI is InChI=1S/C25H20FN3O2/c1-31-23-10-6-5-9-22(23)27-24(30)16-13-19-17-29(21-7-3-2-4-8-21)28-25(19)18-11-14-20(26)15-12-18/h2-17H,1H3,(H,27,30)/b16-13+. The summed E-state index contributed by atoms with van der Waals surface area (Å²) >= 11 is 0. The molecule has 0 radical (unpaired) electrons. The number of amides is 1. The topological polar surface area (TPSA) is 56.1 Å². The minimum Gasteiger partial charge on any atom is -0.495 e. The normalized spacial score (nSPS) is 10.9. The summed E-state index contributed by atoms with van der Waals surface area (Å²) in [6, 6.07) is 22.9. The van der Waals surface area contributed by atoms with Crippen LogP contribution in [0.15, 0.2) is 91.1 Å². The van der Waals surface area contributed by atoms with Crippen molar-refractivity contribution in [2.45, 2.75) is 0 Å². The number of carbonyl (C=O) groups excluding carboxylic acids is 1. The number of benzene rings is 3. The molecule has 0 spiro atoms. The molecule has 0 saturated carbocycles. The third-order valence-corrected chi connectivity index (χ3v) is 4.66. The molecule has 5 nitrogen and oxygen atoms in total. The fraction of sp³-hybridized carbons (Fsp3) is 0.0400. The van der Waals surface area contributed by atoms with Crippen molar-refractivity contribution in [2.24, 2.45) is 0 Å². The van der Waals surface area contributed by atoms with E-state index in [1.54, 1.807) is 42.1 Å². The van der Waals surface area contributed by atoms with Gasteiger partial charge in [-0.2, -0.15) is 5.10 Å². The lowest BCUT2D eigenvalue weighted by atomic mass is 10.1. The van der Waals surface area contributed by atoms with Gasteiger partial charge in [0.2, 0.25) is 5.91 Å². The van der Waals surface area contributed by atoms with Gasteiger partial charge in [0, 0.05) is 23.4 Å². The van der Waals surface area contributed by atoms with Crippen LogP contribution in [0.25, 0.3) is 23.0 Å². The summed E-state index contributed by atoms with van der Waals surface area (Å²) < 4.78 is 20.4. The SMILES string of the molecule is COc1ccccc1NC(=O)/C=C/c1cn(-c2ccccc2)nc1-c1ccc(F)cc1. The molecule has 31 heavy (non-hydrogen) atoms. The van der Waals surface area contributed by atoms with Gasteiger partial charge >= 0.3 is 0 Å². The predicted molar refractivity (Wildman–Crippen MR) is 120 cm³/mol. The van der Waals surface area contributed by atoms with E-state index in [1.807, 2.05) is 48.7 Å². The molecule has 6 heteroatoms. The van der Waals surface area contributed by atoms with Gasteiger partial charge < -0.3 is 10.1 Å². The Balaban J connectivity index is 1.65. The Bertz CT molecular complexity index is 1220. The van der Waals surface area contributed by atoms with E-state index in [-0.39, 0.29) is 11.7 Å². The summed E-state index contributed by atoms with van der Waals surface area (Å²) in [6.45, 7) is 0. The van der Waals surface area contributed by atoms with E-state index in [4.69, 9.17) is 4.74 Å². The number of rotatable bonds is 6. The highest BCUT2D eigenvalue weighted by atomic mass is 19.1. The van der Waals surface area contributed by atoms with Crippen molar-refractivity contribution in [1.82, 2.24) is 9.78 Å². The molecule has 0 aliphatic rings. The third-order valence-electron chi connectivity index (χ3n) is 4.66. The van der Waals surface area contributed by atoms with Gasteiger partial charge in [0.05, 0.1) is 24.2 Å². The van der Waals surface area contributed by atoms with Crippen molar-refractivity contribution >= 4 is 17.7 Å². The number of nitrogens with one attached hydrogen (secondary N) is 1. The summed E-state index contributed by atoms with van der Waals surface area (Å²) in [6.07, 6.45) is 4.96. The van der Waals surface area contributed by atoms with Gasteiger partial charge in [-0.05, 0) is 54.6 Å². The molecule has 1 aromatic heterocycles. The summed E-state index contributed by atoms with van der Waals surface area (Å²) in [4.78, 5) is 12.5. The van der Waals surface area contributed by atoms with Gasteiger partial charge in [-0.15, -0.1) is 0 Å².